The van der Waals surface area contributed by atoms with Crippen LogP contribution in [0.25, 0.3) is 0 Å². The zero-order valence-corrected chi connectivity index (χ0v) is 12.4. The van der Waals surface area contributed by atoms with Crippen LogP contribution in [0, 0.1) is 0 Å². The molecule has 2 nitrogen and oxygen atoms in total. The summed E-state index contributed by atoms with van der Waals surface area (Å²) in [6, 6.07) is 13.0. The van der Waals surface area contributed by atoms with Gasteiger partial charge in [0, 0.05) is 0 Å². The lowest BCUT2D eigenvalue weighted by Crippen LogP contribution is -1.96. The van der Waals surface area contributed by atoms with Crippen LogP contribution in [0.1, 0.15) is 35.3 Å². The van der Waals surface area contributed by atoms with E-state index in [9.17, 15) is 4.79 Å². The van der Waals surface area contributed by atoms with Crippen LogP contribution < -0.4 is 4.74 Å². The zero-order valence-electron chi connectivity index (χ0n) is 11.7. The van der Waals surface area contributed by atoms with E-state index in [0.29, 0.717) is 11.3 Å². The minimum absolute atomic E-state index is 0.381. The molecule has 20 heavy (non-hydrogen) atoms. The van der Waals surface area contributed by atoms with Crippen molar-refractivity contribution in [2.24, 2.45) is 0 Å². The second-order valence-corrected chi connectivity index (χ2v) is 4.85. The van der Waals surface area contributed by atoms with E-state index < -0.39 is 5.24 Å². The predicted molar refractivity (Wildman–Crippen MR) is 81.9 cm³/mol. The quantitative estimate of drug-likeness (QED) is 0.725. The standard InChI is InChI=1S/C17H17ClO2/c1-3-12-9-10-14(11-13(12)4-2)20-16-8-6-5-7-15(16)17(18)19/h5-11H,3-4H2,1-2H3. The van der Waals surface area contributed by atoms with Crippen molar-refractivity contribution < 1.29 is 9.53 Å². The number of para-hydroxylation sites is 1. The molecular weight excluding hydrogens is 272 g/mol. The van der Waals surface area contributed by atoms with Gasteiger partial charge in [0.05, 0.1) is 5.56 Å². The molecule has 0 heterocycles. The molecule has 2 aromatic carbocycles. The SMILES string of the molecule is CCc1ccc(Oc2ccccc2C(=O)Cl)cc1CC. The van der Waals surface area contributed by atoms with Gasteiger partial charge in [-0.3, -0.25) is 4.79 Å². The van der Waals surface area contributed by atoms with Crippen LogP contribution in [0.4, 0.5) is 0 Å². The molecule has 0 radical (unpaired) electrons. The minimum atomic E-state index is -0.513. The summed E-state index contributed by atoms with van der Waals surface area (Å²) in [5, 5.41) is -0.513. The molecule has 0 unspecified atom stereocenters. The second-order valence-electron chi connectivity index (χ2n) is 4.51. The van der Waals surface area contributed by atoms with E-state index in [4.69, 9.17) is 16.3 Å². The fraction of sp³-hybridized carbons (Fsp3) is 0.235. The number of halogens is 1. The Hall–Kier alpha value is -1.80. The maximum Gasteiger partial charge on any atom is 0.256 e. The summed E-state index contributed by atoms with van der Waals surface area (Å²) in [5.41, 5.74) is 2.97. The molecular formula is C17H17ClO2. The summed E-state index contributed by atoms with van der Waals surface area (Å²) in [7, 11) is 0. The molecule has 0 aliphatic carbocycles. The lowest BCUT2D eigenvalue weighted by atomic mass is 10.0. The van der Waals surface area contributed by atoms with E-state index >= 15 is 0 Å². The molecule has 0 aliphatic heterocycles. The molecule has 0 saturated heterocycles. The Kier molecular flexibility index (Phi) is 4.80. The average molecular weight is 289 g/mol. The number of hydrogen-bond donors (Lipinski definition) is 0. The Morgan fingerprint density at radius 3 is 2.40 bits per heavy atom. The molecule has 0 aromatic heterocycles. The first kappa shape index (κ1) is 14.6. The normalized spacial score (nSPS) is 10.3. The molecule has 0 aliphatic rings. The Balaban J connectivity index is 2.33. The molecule has 0 amide bonds. The first-order valence-corrected chi connectivity index (χ1v) is 7.12. The predicted octanol–water partition coefficient (Wildman–Crippen LogP) is 4.98. The lowest BCUT2D eigenvalue weighted by Gasteiger charge is -2.12. The number of aryl methyl sites for hydroxylation is 2. The molecule has 0 bridgehead atoms. The van der Waals surface area contributed by atoms with E-state index in [0.717, 1.165) is 18.6 Å². The van der Waals surface area contributed by atoms with E-state index in [1.54, 1.807) is 18.2 Å². The number of rotatable bonds is 5. The first-order valence-electron chi connectivity index (χ1n) is 6.74. The van der Waals surface area contributed by atoms with Crippen LogP contribution in [0.5, 0.6) is 11.5 Å². The summed E-state index contributed by atoms with van der Waals surface area (Å²) in [4.78, 5) is 11.4. The molecule has 2 aromatic rings. The van der Waals surface area contributed by atoms with Gasteiger partial charge in [-0.1, -0.05) is 32.0 Å². The molecule has 0 atom stereocenters. The van der Waals surface area contributed by atoms with Gasteiger partial charge < -0.3 is 4.74 Å². The van der Waals surface area contributed by atoms with Gasteiger partial charge in [-0.25, -0.2) is 0 Å². The van der Waals surface area contributed by atoms with E-state index in [1.165, 1.54) is 11.1 Å². The topological polar surface area (TPSA) is 26.3 Å². The molecule has 0 saturated carbocycles. The first-order chi connectivity index (χ1) is 9.65. The number of ether oxygens (including phenoxy) is 1. The number of benzene rings is 2. The van der Waals surface area contributed by atoms with Gasteiger partial charge in [0.2, 0.25) is 0 Å². The van der Waals surface area contributed by atoms with Gasteiger partial charge in [0.15, 0.2) is 0 Å². The summed E-state index contributed by atoms with van der Waals surface area (Å²) < 4.78 is 5.81. The summed E-state index contributed by atoms with van der Waals surface area (Å²) in [5.74, 6) is 1.21. The fourth-order valence-electron chi connectivity index (χ4n) is 2.18. The van der Waals surface area contributed by atoms with E-state index in [-0.39, 0.29) is 0 Å². The highest BCUT2D eigenvalue weighted by atomic mass is 35.5. The van der Waals surface area contributed by atoms with Crippen molar-refractivity contribution in [3.63, 3.8) is 0 Å². The molecule has 0 N–H and O–H groups in total. The Bertz CT molecular complexity index is 620. The fourth-order valence-corrected chi connectivity index (χ4v) is 2.34. The monoisotopic (exact) mass is 288 g/mol. The van der Waals surface area contributed by atoms with E-state index in [1.807, 2.05) is 18.2 Å². The van der Waals surface area contributed by atoms with Crippen LogP contribution in [0.2, 0.25) is 0 Å². The largest absolute Gasteiger partial charge is 0.457 e. The van der Waals surface area contributed by atoms with Crippen LogP contribution in [-0.4, -0.2) is 5.24 Å². The van der Waals surface area contributed by atoms with Gasteiger partial charge in [-0.15, -0.1) is 0 Å². The molecule has 104 valence electrons. The maximum atomic E-state index is 11.4. The maximum absolute atomic E-state index is 11.4. The van der Waals surface area contributed by atoms with Gasteiger partial charge in [-0.05, 0) is 59.8 Å². The highest BCUT2D eigenvalue weighted by Crippen LogP contribution is 2.28. The molecule has 2 rings (SSSR count). The minimum Gasteiger partial charge on any atom is -0.457 e. The third-order valence-corrected chi connectivity index (χ3v) is 3.47. The van der Waals surface area contributed by atoms with E-state index in [2.05, 4.69) is 19.9 Å². The van der Waals surface area contributed by atoms with Crippen LogP contribution in [0.3, 0.4) is 0 Å². The third-order valence-electron chi connectivity index (χ3n) is 3.27. The Labute approximate surface area is 124 Å². The van der Waals surface area contributed by atoms with Gasteiger partial charge >= 0.3 is 0 Å². The van der Waals surface area contributed by atoms with Crippen molar-refractivity contribution in [3.8, 4) is 11.5 Å². The Morgan fingerprint density at radius 2 is 1.75 bits per heavy atom. The van der Waals surface area contributed by atoms with Crippen molar-refractivity contribution >= 4 is 16.8 Å². The van der Waals surface area contributed by atoms with Crippen molar-refractivity contribution in [1.82, 2.24) is 0 Å². The molecule has 0 spiro atoms. The van der Waals surface area contributed by atoms with Crippen LogP contribution in [0.15, 0.2) is 42.5 Å². The smallest absolute Gasteiger partial charge is 0.256 e. The van der Waals surface area contributed by atoms with Gasteiger partial charge in [0.25, 0.3) is 5.24 Å². The summed E-state index contributed by atoms with van der Waals surface area (Å²) in [6.45, 7) is 4.25. The number of hydrogen-bond acceptors (Lipinski definition) is 2. The van der Waals surface area contributed by atoms with Crippen molar-refractivity contribution in [2.45, 2.75) is 26.7 Å². The highest BCUT2D eigenvalue weighted by molar-refractivity contribution is 6.68. The second kappa shape index (κ2) is 6.58. The van der Waals surface area contributed by atoms with Crippen molar-refractivity contribution in [2.75, 3.05) is 0 Å². The summed E-state index contributed by atoms with van der Waals surface area (Å²) >= 11 is 5.56. The molecule has 0 fully saturated rings. The molecule has 3 heteroatoms. The zero-order chi connectivity index (χ0) is 14.5. The highest BCUT2D eigenvalue weighted by Gasteiger charge is 2.10. The van der Waals surface area contributed by atoms with Gasteiger partial charge in [-0.2, -0.15) is 0 Å². The number of carbonyl (C=O) groups excluding carboxylic acids is 1. The van der Waals surface area contributed by atoms with Crippen LogP contribution >= 0.6 is 11.6 Å². The van der Waals surface area contributed by atoms with Crippen molar-refractivity contribution in [1.29, 1.82) is 0 Å². The average Bonchev–Trinajstić information content (AvgIpc) is 2.47. The summed E-state index contributed by atoms with van der Waals surface area (Å²) in [6.07, 6.45) is 1.96. The van der Waals surface area contributed by atoms with Gasteiger partial charge in [0.1, 0.15) is 11.5 Å². The van der Waals surface area contributed by atoms with Crippen LogP contribution in [-0.2, 0) is 12.8 Å². The third kappa shape index (κ3) is 3.20. The Morgan fingerprint density at radius 1 is 1.05 bits per heavy atom. The van der Waals surface area contributed by atoms with Crippen molar-refractivity contribution in [3.05, 3.63) is 59.2 Å². The number of carbonyl (C=O) groups is 1. The lowest BCUT2D eigenvalue weighted by molar-refractivity contribution is 0.107.